The first-order valence-electron chi connectivity index (χ1n) is 1.84. The first-order chi connectivity index (χ1) is 3.31. The van der Waals surface area contributed by atoms with Crippen molar-refractivity contribution in [3.05, 3.63) is 13.0 Å². The van der Waals surface area contributed by atoms with E-state index in [1.807, 2.05) is 0 Å². The van der Waals surface area contributed by atoms with Gasteiger partial charge in [-0.05, 0) is 0 Å². The molecule has 0 aliphatic heterocycles. The van der Waals surface area contributed by atoms with Crippen LogP contribution < -0.4 is 0 Å². The van der Waals surface area contributed by atoms with Crippen LogP contribution in [0.25, 0.3) is 0 Å². The number of rotatable bonds is 2. The van der Waals surface area contributed by atoms with Crippen molar-refractivity contribution in [1.29, 1.82) is 0 Å². The van der Waals surface area contributed by atoms with E-state index in [-0.39, 0.29) is 44.9 Å². The largest absolute Gasteiger partial charge is 0.336 e. The molecule has 0 aromatic heterocycles. The van der Waals surface area contributed by atoms with E-state index in [1.165, 1.54) is 5.94 Å². The van der Waals surface area contributed by atoms with Crippen LogP contribution in [0, 0.1) is 6.92 Å². The fourth-order valence-corrected chi connectivity index (χ4v) is 0.138. The molecule has 0 fully saturated rings. The minimum Gasteiger partial charge on any atom is -0.336 e. The predicted molar refractivity (Wildman–Crippen MR) is 25.2 cm³/mol. The molecule has 0 aromatic rings. The molecule has 0 heterocycles. The van der Waals surface area contributed by atoms with Crippen molar-refractivity contribution in [2.75, 3.05) is 0 Å². The van der Waals surface area contributed by atoms with Gasteiger partial charge in [0.2, 0.25) is 0 Å². The average molecular weight is 186 g/mol. The van der Waals surface area contributed by atoms with Crippen LogP contribution in [0.4, 0.5) is 0 Å². The molecular weight excluding hydrogens is 181 g/mol. The van der Waals surface area contributed by atoms with Crippen LogP contribution in [0.15, 0.2) is 6.08 Å². The SMILES string of the molecule is [CH2-]CC(=O)C=C=O.[Y]. The molecule has 0 rings (SSSR count). The number of carbonyl (C=O) groups excluding carboxylic acids is 2. The second-order valence-corrected chi connectivity index (χ2v) is 0.979. The molecule has 0 amide bonds. The van der Waals surface area contributed by atoms with Gasteiger partial charge in [-0.1, -0.05) is 0 Å². The van der Waals surface area contributed by atoms with E-state index in [2.05, 4.69) is 6.92 Å². The Hall–Kier alpha value is 0.224. The monoisotopic (exact) mass is 186 g/mol. The molecule has 0 saturated heterocycles. The number of ketones is 1. The molecule has 3 heteroatoms. The van der Waals surface area contributed by atoms with Gasteiger partial charge in [0.15, 0.2) is 0 Å². The summed E-state index contributed by atoms with van der Waals surface area (Å²) in [6, 6.07) is 0. The summed E-state index contributed by atoms with van der Waals surface area (Å²) >= 11 is 0. The van der Waals surface area contributed by atoms with Gasteiger partial charge in [0.25, 0.3) is 0 Å². The van der Waals surface area contributed by atoms with Gasteiger partial charge >= 0.3 is 0 Å². The molecule has 0 aliphatic rings. The van der Waals surface area contributed by atoms with Gasteiger partial charge in [-0.2, -0.15) is 0 Å². The molecule has 0 N–H and O–H groups in total. The summed E-state index contributed by atoms with van der Waals surface area (Å²) in [5, 5.41) is 0. The van der Waals surface area contributed by atoms with E-state index in [9.17, 15) is 9.59 Å². The Kier molecular flexibility index (Phi) is 10.0. The van der Waals surface area contributed by atoms with Gasteiger partial charge in [0.05, 0.1) is 6.08 Å². The quantitative estimate of drug-likeness (QED) is 0.349. The van der Waals surface area contributed by atoms with Crippen LogP contribution in [0.2, 0.25) is 0 Å². The average Bonchev–Trinajstić information content (AvgIpc) is 1.68. The van der Waals surface area contributed by atoms with Crippen LogP contribution in [-0.2, 0) is 42.3 Å². The number of hydrogen-bond donors (Lipinski definition) is 0. The fourth-order valence-electron chi connectivity index (χ4n) is 0.138. The van der Waals surface area contributed by atoms with E-state index >= 15 is 0 Å². The third kappa shape index (κ3) is 6.22. The maximum Gasteiger partial charge on any atom is 0.137 e. The number of allylic oxidation sites excluding steroid dienone is 1. The Labute approximate surface area is 73.2 Å². The minimum atomic E-state index is -0.282. The summed E-state index contributed by atoms with van der Waals surface area (Å²) in [6.07, 6.45) is 0.974. The zero-order valence-corrected chi connectivity index (χ0v) is 7.22. The molecule has 0 bridgehead atoms. The molecule has 8 heavy (non-hydrogen) atoms. The number of hydrogen-bond acceptors (Lipinski definition) is 2. The molecule has 2 nitrogen and oxygen atoms in total. The second kappa shape index (κ2) is 7.22. The Bertz CT molecular complexity index is 114. The van der Waals surface area contributed by atoms with Gasteiger partial charge in [-0.3, -0.25) is 4.79 Å². The smallest absolute Gasteiger partial charge is 0.137 e. The Balaban J connectivity index is 0. The first kappa shape index (κ1) is 11.1. The van der Waals surface area contributed by atoms with Gasteiger partial charge in [-0.15, -0.1) is 6.42 Å². The van der Waals surface area contributed by atoms with E-state index in [4.69, 9.17) is 0 Å². The summed E-state index contributed by atoms with van der Waals surface area (Å²) in [7, 11) is 0. The minimum absolute atomic E-state index is 0. The van der Waals surface area contributed by atoms with Crippen molar-refractivity contribution in [2.24, 2.45) is 0 Å². The zero-order valence-electron chi connectivity index (χ0n) is 4.39. The third-order valence-corrected chi connectivity index (χ3v) is 0.466. The van der Waals surface area contributed by atoms with Crippen LogP contribution in [0.1, 0.15) is 6.42 Å². The molecule has 1 radical (unpaired) electrons. The van der Waals surface area contributed by atoms with Crippen LogP contribution in [0.3, 0.4) is 0 Å². The maximum absolute atomic E-state index is 10.0. The third-order valence-electron chi connectivity index (χ3n) is 0.466. The van der Waals surface area contributed by atoms with Gasteiger partial charge in [0, 0.05) is 32.7 Å². The standard InChI is InChI=1S/C5H5O2.Y/c1-2-5(7)3-4-6;/h3H,1-2H2;/q-1;. The van der Waals surface area contributed by atoms with E-state index in [1.54, 1.807) is 0 Å². The maximum atomic E-state index is 10.0. The molecule has 0 atom stereocenters. The predicted octanol–water partition coefficient (Wildman–Crippen LogP) is 0.165. The summed E-state index contributed by atoms with van der Waals surface area (Å²) < 4.78 is 0. The van der Waals surface area contributed by atoms with Crippen molar-refractivity contribution >= 4 is 11.7 Å². The molecule has 0 unspecified atom stereocenters. The molecular formula is C5H5O2Y-. The van der Waals surface area contributed by atoms with E-state index < -0.39 is 0 Å². The van der Waals surface area contributed by atoms with Gasteiger partial charge in [-0.25, -0.2) is 4.79 Å². The summed E-state index contributed by atoms with van der Waals surface area (Å²) in [4.78, 5) is 19.4. The van der Waals surface area contributed by atoms with Crippen LogP contribution >= 0.6 is 0 Å². The van der Waals surface area contributed by atoms with Gasteiger partial charge < -0.3 is 6.92 Å². The first-order valence-corrected chi connectivity index (χ1v) is 1.84. The molecule has 41 valence electrons. The summed E-state index contributed by atoms with van der Waals surface area (Å²) in [5.74, 6) is 1.07. The van der Waals surface area contributed by atoms with Crippen molar-refractivity contribution in [2.45, 2.75) is 6.42 Å². The summed E-state index contributed by atoms with van der Waals surface area (Å²) in [6.45, 7) is 3.24. The van der Waals surface area contributed by atoms with Crippen molar-refractivity contribution in [3.63, 3.8) is 0 Å². The fraction of sp³-hybridized carbons (Fsp3) is 0.200. The second-order valence-electron chi connectivity index (χ2n) is 0.979. The van der Waals surface area contributed by atoms with E-state index in [0.29, 0.717) is 0 Å². The molecule has 0 saturated carbocycles. The van der Waals surface area contributed by atoms with Crippen molar-refractivity contribution in [1.82, 2.24) is 0 Å². The van der Waals surface area contributed by atoms with Crippen LogP contribution in [-0.4, -0.2) is 11.7 Å². The van der Waals surface area contributed by atoms with Crippen LogP contribution in [0.5, 0.6) is 0 Å². The Morgan fingerprint density at radius 2 is 2.25 bits per heavy atom. The molecule has 0 aromatic carbocycles. The zero-order chi connectivity index (χ0) is 5.70. The van der Waals surface area contributed by atoms with Gasteiger partial charge in [0.1, 0.15) is 11.7 Å². The van der Waals surface area contributed by atoms with Crippen molar-refractivity contribution in [3.8, 4) is 0 Å². The molecule has 0 aliphatic carbocycles. The number of carbonyl (C=O) groups is 1. The van der Waals surface area contributed by atoms with Crippen molar-refractivity contribution < 1.29 is 42.3 Å². The molecule has 0 spiro atoms. The normalized spacial score (nSPS) is 6.12. The topological polar surface area (TPSA) is 34.1 Å². The summed E-state index contributed by atoms with van der Waals surface area (Å²) in [5.41, 5.74) is 0. The van der Waals surface area contributed by atoms with E-state index in [0.717, 1.165) is 6.08 Å². The Morgan fingerprint density at radius 1 is 1.75 bits per heavy atom. The Morgan fingerprint density at radius 3 is 2.38 bits per heavy atom.